The van der Waals surface area contributed by atoms with Crippen molar-refractivity contribution < 1.29 is 9.13 Å². The van der Waals surface area contributed by atoms with Crippen molar-refractivity contribution in [1.82, 2.24) is 0 Å². The van der Waals surface area contributed by atoms with Crippen molar-refractivity contribution in [2.75, 3.05) is 13.7 Å². The molecular formula is C11H13BrFNO. The molecule has 0 atom stereocenters. The number of hydrogen-bond acceptors (Lipinski definition) is 2. The van der Waals surface area contributed by atoms with Gasteiger partial charge in [0.15, 0.2) is 0 Å². The molecule has 0 amide bonds. The molecule has 0 aliphatic heterocycles. The van der Waals surface area contributed by atoms with Crippen molar-refractivity contribution in [1.29, 1.82) is 0 Å². The van der Waals surface area contributed by atoms with Crippen LogP contribution >= 0.6 is 15.9 Å². The molecule has 1 aromatic carbocycles. The molecule has 0 saturated heterocycles. The Labute approximate surface area is 96.7 Å². The summed E-state index contributed by atoms with van der Waals surface area (Å²) in [6.45, 7) is 0.495. The molecule has 1 aromatic rings. The highest BCUT2D eigenvalue weighted by molar-refractivity contribution is 9.10. The molecule has 2 N–H and O–H groups in total. The third kappa shape index (κ3) is 1.76. The van der Waals surface area contributed by atoms with Gasteiger partial charge in [-0.15, -0.1) is 0 Å². The van der Waals surface area contributed by atoms with Gasteiger partial charge in [0.2, 0.25) is 0 Å². The molecule has 0 spiro atoms. The van der Waals surface area contributed by atoms with Crippen LogP contribution in [0.5, 0.6) is 5.75 Å². The number of nitrogens with two attached hydrogens (primary N) is 1. The first kappa shape index (κ1) is 10.9. The first-order chi connectivity index (χ1) is 7.13. The van der Waals surface area contributed by atoms with Crippen LogP contribution in [0.25, 0.3) is 0 Å². The summed E-state index contributed by atoms with van der Waals surface area (Å²) in [5.74, 6) is 0.455. The smallest absolute Gasteiger partial charge is 0.133 e. The van der Waals surface area contributed by atoms with Gasteiger partial charge >= 0.3 is 0 Å². The summed E-state index contributed by atoms with van der Waals surface area (Å²) >= 11 is 3.25. The van der Waals surface area contributed by atoms with E-state index < -0.39 is 0 Å². The zero-order valence-corrected chi connectivity index (χ0v) is 10.1. The van der Waals surface area contributed by atoms with E-state index in [1.165, 1.54) is 6.07 Å². The Kier molecular flexibility index (Phi) is 2.73. The van der Waals surface area contributed by atoms with Crippen LogP contribution in [0.2, 0.25) is 0 Å². The molecule has 1 aliphatic rings. The summed E-state index contributed by atoms with van der Waals surface area (Å²) in [5, 5.41) is 0. The summed E-state index contributed by atoms with van der Waals surface area (Å²) in [5.41, 5.74) is 6.22. The molecule has 2 rings (SSSR count). The fraction of sp³-hybridized carbons (Fsp3) is 0.455. The maximum Gasteiger partial charge on any atom is 0.133 e. The van der Waals surface area contributed by atoms with Gasteiger partial charge in [0, 0.05) is 12.0 Å². The zero-order valence-electron chi connectivity index (χ0n) is 8.52. The van der Waals surface area contributed by atoms with E-state index in [-0.39, 0.29) is 11.2 Å². The summed E-state index contributed by atoms with van der Waals surface area (Å²) in [6.07, 6.45) is 1.93. The fourth-order valence-electron chi connectivity index (χ4n) is 1.83. The van der Waals surface area contributed by atoms with Crippen LogP contribution in [0.15, 0.2) is 16.6 Å². The second-order valence-corrected chi connectivity index (χ2v) is 4.81. The van der Waals surface area contributed by atoms with E-state index in [1.807, 2.05) is 0 Å². The predicted molar refractivity (Wildman–Crippen MR) is 60.6 cm³/mol. The zero-order chi connectivity index (χ0) is 11.1. The van der Waals surface area contributed by atoms with Crippen LogP contribution in [-0.4, -0.2) is 13.7 Å². The largest absolute Gasteiger partial charge is 0.496 e. The minimum absolute atomic E-state index is 0.141. The highest BCUT2D eigenvalue weighted by atomic mass is 79.9. The molecule has 1 saturated carbocycles. The molecule has 4 heteroatoms. The van der Waals surface area contributed by atoms with Crippen LogP contribution in [-0.2, 0) is 5.41 Å². The van der Waals surface area contributed by atoms with Gasteiger partial charge in [0.25, 0.3) is 0 Å². The van der Waals surface area contributed by atoms with Crippen LogP contribution in [0.1, 0.15) is 18.4 Å². The summed E-state index contributed by atoms with van der Waals surface area (Å²) < 4.78 is 19.5. The SMILES string of the molecule is COc1cc(C2(CN)CC2)c(F)cc1Br. The van der Waals surface area contributed by atoms with Gasteiger partial charge in [-0.1, -0.05) is 0 Å². The van der Waals surface area contributed by atoms with Gasteiger partial charge in [-0.2, -0.15) is 0 Å². The van der Waals surface area contributed by atoms with Crippen molar-refractivity contribution in [2.45, 2.75) is 18.3 Å². The van der Waals surface area contributed by atoms with Crippen LogP contribution in [0.3, 0.4) is 0 Å². The average Bonchev–Trinajstić information content (AvgIpc) is 2.99. The highest BCUT2D eigenvalue weighted by Gasteiger charge is 2.45. The maximum atomic E-state index is 13.7. The third-order valence-electron chi connectivity index (χ3n) is 3.06. The molecule has 15 heavy (non-hydrogen) atoms. The Morgan fingerprint density at radius 1 is 1.53 bits per heavy atom. The summed E-state index contributed by atoms with van der Waals surface area (Å²) in [6, 6.07) is 3.20. The maximum absolute atomic E-state index is 13.7. The molecule has 2 nitrogen and oxygen atoms in total. The Bertz CT molecular complexity index is 390. The summed E-state index contributed by atoms with van der Waals surface area (Å²) in [4.78, 5) is 0. The minimum Gasteiger partial charge on any atom is -0.496 e. The van der Waals surface area contributed by atoms with Crippen molar-refractivity contribution in [2.24, 2.45) is 5.73 Å². The standard InChI is InChI=1S/C11H13BrFNO/c1-15-10-4-7(9(13)5-8(10)12)11(6-14)2-3-11/h4-5H,2-3,6,14H2,1H3. The van der Waals surface area contributed by atoms with Gasteiger partial charge < -0.3 is 10.5 Å². The Balaban J connectivity index is 2.47. The molecule has 0 aromatic heterocycles. The topological polar surface area (TPSA) is 35.2 Å². The highest BCUT2D eigenvalue weighted by Crippen LogP contribution is 2.49. The van der Waals surface area contributed by atoms with E-state index in [9.17, 15) is 4.39 Å². The monoisotopic (exact) mass is 273 g/mol. The lowest BCUT2D eigenvalue weighted by atomic mass is 9.95. The molecule has 1 aliphatic carbocycles. The van der Waals surface area contributed by atoms with E-state index in [0.717, 1.165) is 12.8 Å². The van der Waals surface area contributed by atoms with Crippen molar-refractivity contribution >= 4 is 15.9 Å². The van der Waals surface area contributed by atoms with Gasteiger partial charge in [-0.05, 0) is 46.5 Å². The second kappa shape index (κ2) is 3.76. The van der Waals surface area contributed by atoms with Gasteiger partial charge in [0.05, 0.1) is 11.6 Å². The van der Waals surface area contributed by atoms with E-state index in [2.05, 4.69) is 15.9 Å². The molecule has 0 bridgehead atoms. The van der Waals surface area contributed by atoms with Crippen molar-refractivity contribution in [3.63, 3.8) is 0 Å². The lowest BCUT2D eigenvalue weighted by Crippen LogP contribution is -2.21. The summed E-state index contributed by atoms with van der Waals surface area (Å²) in [7, 11) is 1.57. The van der Waals surface area contributed by atoms with E-state index >= 15 is 0 Å². The average molecular weight is 274 g/mol. The Morgan fingerprint density at radius 3 is 2.67 bits per heavy atom. The van der Waals surface area contributed by atoms with Gasteiger partial charge in [-0.25, -0.2) is 4.39 Å². The lowest BCUT2D eigenvalue weighted by Gasteiger charge is -2.15. The van der Waals surface area contributed by atoms with Crippen LogP contribution < -0.4 is 10.5 Å². The molecule has 0 unspecified atom stereocenters. The van der Waals surface area contributed by atoms with Gasteiger partial charge in [-0.3, -0.25) is 0 Å². The Morgan fingerprint density at radius 2 is 2.20 bits per heavy atom. The number of ether oxygens (including phenoxy) is 1. The van der Waals surface area contributed by atoms with Crippen molar-refractivity contribution in [3.05, 3.63) is 28.0 Å². The van der Waals surface area contributed by atoms with E-state index in [0.29, 0.717) is 22.3 Å². The number of methoxy groups -OCH3 is 1. The number of halogens is 2. The van der Waals surface area contributed by atoms with E-state index in [4.69, 9.17) is 10.5 Å². The normalized spacial score (nSPS) is 17.6. The molecule has 1 fully saturated rings. The molecule has 82 valence electrons. The third-order valence-corrected chi connectivity index (χ3v) is 3.68. The van der Waals surface area contributed by atoms with Crippen LogP contribution in [0, 0.1) is 5.82 Å². The first-order valence-corrected chi connectivity index (χ1v) is 5.66. The first-order valence-electron chi connectivity index (χ1n) is 4.86. The minimum atomic E-state index is -0.203. The lowest BCUT2D eigenvalue weighted by molar-refractivity contribution is 0.408. The van der Waals surface area contributed by atoms with Crippen LogP contribution in [0.4, 0.5) is 4.39 Å². The van der Waals surface area contributed by atoms with Gasteiger partial charge in [0.1, 0.15) is 11.6 Å². The number of hydrogen-bond donors (Lipinski definition) is 1. The number of benzene rings is 1. The molecule has 0 radical (unpaired) electrons. The quantitative estimate of drug-likeness (QED) is 0.919. The fourth-order valence-corrected chi connectivity index (χ4v) is 2.30. The number of rotatable bonds is 3. The molecular weight excluding hydrogens is 261 g/mol. The molecule has 0 heterocycles. The Hall–Kier alpha value is -0.610. The van der Waals surface area contributed by atoms with Crippen molar-refractivity contribution in [3.8, 4) is 5.75 Å². The van der Waals surface area contributed by atoms with E-state index in [1.54, 1.807) is 13.2 Å². The predicted octanol–water partition coefficient (Wildman–Crippen LogP) is 2.59. The second-order valence-electron chi connectivity index (χ2n) is 3.95.